The monoisotopic (exact) mass is 382 g/mol. The Balaban J connectivity index is 2.44. The average Bonchev–Trinajstić information content (AvgIpc) is 2.76. The van der Waals surface area contributed by atoms with Crippen LogP contribution in [0.1, 0.15) is 11.1 Å². The minimum atomic E-state index is -2.01. The summed E-state index contributed by atoms with van der Waals surface area (Å²) in [6.45, 7) is 0. The number of fused-ring (bicyclic) bond motifs is 1. The maximum absolute atomic E-state index is 13.0. The van der Waals surface area contributed by atoms with Gasteiger partial charge in [-0.25, -0.2) is 4.79 Å². The molecule has 8 nitrogen and oxygen atoms in total. The summed E-state index contributed by atoms with van der Waals surface area (Å²) in [6.07, 6.45) is -0.774. The molecule has 144 valence electrons. The highest BCUT2D eigenvalue weighted by Crippen LogP contribution is 2.42. The zero-order chi connectivity index (χ0) is 20.3. The average molecular weight is 382 g/mol. The Morgan fingerprint density at radius 1 is 0.821 bits per heavy atom. The molecule has 0 spiro atoms. The molecule has 0 radical (unpaired) electrons. The minimum Gasteiger partial charge on any atom is -0.468 e. The summed E-state index contributed by atoms with van der Waals surface area (Å²) >= 11 is 0. The number of carbonyl (C=O) groups excluding carboxylic acids is 3. The van der Waals surface area contributed by atoms with E-state index in [1.165, 1.54) is 21.3 Å². The van der Waals surface area contributed by atoms with Crippen LogP contribution in [0, 0.1) is 0 Å². The Hall–Kier alpha value is -3.68. The maximum atomic E-state index is 13.0. The second-order valence-electron chi connectivity index (χ2n) is 5.85. The lowest BCUT2D eigenvalue weighted by molar-refractivity contribution is -0.157. The normalized spacial score (nSPS) is 14.4. The van der Waals surface area contributed by atoms with Crippen molar-refractivity contribution in [3.63, 3.8) is 0 Å². The van der Waals surface area contributed by atoms with E-state index in [0.717, 1.165) is 5.01 Å². The van der Waals surface area contributed by atoms with Crippen molar-refractivity contribution in [2.24, 2.45) is 5.10 Å². The highest BCUT2D eigenvalue weighted by molar-refractivity contribution is 6.34. The lowest BCUT2D eigenvalue weighted by atomic mass is 9.72. The van der Waals surface area contributed by atoms with E-state index in [4.69, 9.17) is 14.2 Å². The molecule has 0 fully saturated rings. The van der Waals surface area contributed by atoms with Gasteiger partial charge in [-0.1, -0.05) is 48.5 Å². The Morgan fingerprint density at radius 2 is 1.39 bits per heavy atom. The highest BCUT2D eigenvalue weighted by atomic mass is 16.6. The largest absolute Gasteiger partial charge is 0.468 e. The molecule has 0 saturated heterocycles. The van der Waals surface area contributed by atoms with Crippen LogP contribution in [0.15, 0.2) is 59.7 Å². The van der Waals surface area contributed by atoms with E-state index in [1.54, 1.807) is 54.6 Å². The summed E-state index contributed by atoms with van der Waals surface area (Å²) in [5, 5.41) is 5.33. The van der Waals surface area contributed by atoms with Gasteiger partial charge in [-0.05, 0) is 11.6 Å². The van der Waals surface area contributed by atoms with Gasteiger partial charge in [0.1, 0.15) is 5.71 Å². The number of methoxy groups -OCH3 is 3. The number of hydrazone groups is 1. The van der Waals surface area contributed by atoms with Crippen LogP contribution < -0.4 is 5.01 Å². The molecule has 1 aliphatic rings. The molecule has 0 saturated carbocycles. The van der Waals surface area contributed by atoms with Crippen molar-refractivity contribution >= 4 is 29.4 Å². The standard InChI is InChI=1S/C20H18N2O6/c1-26-17(23)20(18(24)27-2)14-11-7-8-12-15(14)22(19(25)28-3)21-16(20)13-9-5-4-6-10-13/h4-12H,1-3H3. The van der Waals surface area contributed by atoms with Gasteiger partial charge >= 0.3 is 18.0 Å². The molecule has 28 heavy (non-hydrogen) atoms. The minimum absolute atomic E-state index is 0.00380. The van der Waals surface area contributed by atoms with Crippen LogP contribution in [-0.4, -0.2) is 45.1 Å². The fraction of sp³-hybridized carbons (Fsp3) is 0.200. The first kappa shape index (κ1) is 19.1. The van der Waals surface area contributed by atoms with Gasteiger partial charge in [0.2, 0.25) is 5.41 Å². The number of amides is 1. The number of ether oxygens (including phenoxy) is 3. The van der Waals surface area contributed by atoms with E-state index in [0.29, 0.717) is 5.56 Å². The van der Waals surface area contributed by atoms with Crippen LogP contribution in [-0.2, 0) is 29.2 Å². The Bertz CT molecular complexity index is 938. The third-order valence-corrected chi connectivity index (χ3v) is 4.47. The van der Waals surface area contributed by atoms with E-state index in [-0.39, 0.29) is 17.0 Å². The zero-order valence-corrected chi connectivity index (χ0v) is 15.5. The Labute approximate surface area is 161 Å². The second-order valence-corrected chi connectivity index (χ2v) is 5.85. The Morgan fingerprint density at radius 3 is 1.96 bits per heavy atom. The molecule has 2 aromatic carbocycles. The van der Waals surface area contributed by atoms with Crippen LogP contribution in [0.5, 0.6) is 0 Å². The van der Waals surface area contributed by atoms with Crippen LogP contribution >= 0.6 is 0 Å². The summed E-state index contributed by atoms with van der Waals surface area (Å²) in [4.78, 5) is 38.4. The molecular formula is C20H18N2O6. The highest BCUT2D eigenvalue weighted by Gasteiger charge is 2.59. The fourth-order valence-electron chi connectivity index (χ4n) is 3.23. The number of nitrogens with zero attached hydrogens (tertiary/aromatic N) is 2. The number of carbonyl (C=O) groups is 3. The van der Waals surface area contributed by atoms with Gasteiger partial charge in [0.15, 0.2) is 0 Å². The van der Waals surface area contributed by atoms with Crippen LogP contribution in [0.4, 0.5) is 10.5 Å². The fourth-order valence-corrected chi connectivity index (χ4v) is 3.23. The van der Waals surface area contributed by atoms with Crippen molar-refractivity contribution < 1.29 is 28.6 Å². The first-order chi connectivity index (χ1) is 13.5. The SMILES string of the molecule is COC(=O)N1N=C(c2ccccc2)C(C(=O)OC)(C(=O)OC)c2ccccc21. The predicted molar refractivity (Wildman–Crippen MR) is 100 cm³/mol. The van der Waals surface area contributed by atoms with E-state index >= 15 is 0 Å². The van der Waals surface area contributed by atoms with E-state index < -0.39 is 23.4 Å². The molecule has 1 amide bonds. The van der Waals surface area contributed by atoms with E-state index in [1.807, 2.05) is 0 Å². The summed E-state index contributed by atoms with van der Waals surface area (Å²) in [5.74, 6) is -1.75. The third-order valence-electron chi connectivity index (χ3n) is 4.47. The van der Waals surface area contributed by atoms with E-state index in [2.05, 4.69) is 5.10 Å². The summed E-state index contributed by atoms with van der Waals surface area (Å²) in [7, 11) is 3.56. The number of hydrogen-bond donors (Lipinski definition) is 0. The molecule has 1 heterocycles. The Kier molecular flexibility index (Phi) is 5.12. The number of benzene rings is 2. The number of rotatable bonds is 3. The lowest BCUT2D eigenvalue weighted by Crippen LogP contribution is -2.56. The number of anilines is 1. The first-order valence-electron chi connectivity index (χ1n) is 8.31. The van der Waals surface area contributed by atoms with Gasteiger partial charge in [-0.15, -0.1) is 0 Å². The molecule has 0 atom stereocenters. The quantitative estimate of drug-likeness (QED) is 0.459. The van der Waals surface area contributed by atoms with Crippen LogP contribution in [0.2, 0.25) is 0 Å². The van der Waals surface area contributed by atoms with Gasteiger partial charge in [0, 0.05) is 5.56 Å². The lowest BCUT2D eigenvalue weighted by Gasteiger charge is -2.37. The van der Waals surface area contributed by atoms with Crippen molar-refractivity contribution in [3.8, 4) is 0 Å². The second kappa shape index (κ2) is 7.51. The van der Waals surface area contributed by atoms with Crippen molar-refractivity contribution in [2.45, 2.75) is 5.41 Å². The molecule has 2 aromatic rings. The van der Waals surface area contributed by atoms with Crippen LogP contribution in [0.25, 0.3) is 0 Å². The molecular weight excluding hydrogens is 364 g/mol. The predicted octanol–water partition coefficient (Wildman–Crippen LogP) is 2.26. The van der Waals surface area contributed by atoms with Gasteiger partial charge in [0.25, 0.3) is 0 Å². The van der Waals surface area contributed by atoms with Crippen molar-refractivity contribution in [2.75, 3.05) is 26.3 Å². The first-order valence-corrected chi connectivity index (χ1v) is 8.31. The van der Waals surface area contributed by atoms with Crippen molar-refractivity contribution in [3.05, 3.63) is 65.7 Å². The van der Waals surface area contributed by atoms with Crippen LogP contribution in [0.3, 0.4) is 0 Å². The number of hydrogen-bond acceptors (Lipinski definition) is 7. The molecule has 0 aromatic heterocycles. The topological polar surface area (TPSA) is 94.5 Å². The zero-order valence-electron chi connectivity index (χ0n) is 15.5. The summed E-state index contributed by atoms with van der Waals surface area (Å²) in [6, 6.07) is 15.0. The molecule has 0 bridgehead atoms. The number of esters is 2. The van der Waals surface area contributed by atoms with Gasteiger partial charge in [0.05, 0.1) is 27.0 Å². The molecule has 1 aliphatic heterocycles. The summed E-state index contributed by atoms with van der Waals surface area (Å²) < 4.78 is 14.8. The molecule has 8 heteroatoms. The van der Waals surface area contributed by atoms with Gasteiger partial charge in [-0.2, -0.15) is 10.1 Å². The van der Waals surface area contributed by atoms with Gasteiger partial charge in [-0.3, -0.25) is 9.59 Å². The smallest absolute Gasteiger partial charge is 0.434 e. The van der Waals surface area contributed by atoms with Gasteiger partial charge < -0.3 is 14.2 Å². The molecule has 0 N–H and O–H groups in total. The summed E-state index contributed by atoms with van der Waals surface area (Å²) in [5.41, 5.74) is -1.15. The van der Waals surface area contributed by atoms with E-state index in [9.17, 15) is 14.4 Å². The molecule has 0 aliphatic carbocycles. The molecule has 3 rings (SSSR count). The maximum Gasteiger partial charge on any atom is 0.434 e. The third kappa shape index (κ3) is 2.70. The molecule has 0 unspecified atom stereocenters. The van der Waals surface area contributed by atoms with Crippen molar-refractivity contribution in [1.82, 2.24) is 0 Å². The number of para-hydroxylation sites is 1. The van der Waals surface area contributed by atoms with Crippen molar-refractivity contribution in [1.29, 1.82) is 0 Å².